The average molecular weight is 262 g/mol. The van der Waals surface area contributed by atoms with E-state index in [0.29, 0.717) is 23.0 Å². The quantitative estimate of drug-likeness (QED) is 0.763. The average Bonchev–Trinajstić information content (AvgIpc) is 3.15. The van der Waals surface area contributed by atoms with Crippen molar-refractivity contribution in [2.24, 2.45) is 5.92 Å². The molecule has 0 atom stereocenters. The molecule has 1 aromatic rings. The minimum Gasteiger partial charge on any atom is -0.327 e. The Hall–Kier alpha value is -1.46. The van der Waals surface area contributed by atoms with E-state index in [1.54, 1.807) is 17.0 Å². The first-order chi connectivity index (χ1) is 8.61. The summed E-state index contributed by atoms with van der Waals surface area (Å²) in [6.07, 6.45) is 7.73. The van der Waals surface area contributed by atoms with Gasteiger partial charge in [-0.1, -0.05) is 23.6 Å². The predicted octanol–water partition coefficient (Wildman–Crippen LogP) is 3.13. The molecule has 1 aliphatic carbocycles. The highest BCUT2D eigenvalue weighted by Crippen LogP contribution is 2.30. The topological polar surface area (TPSA) is 20.3 Å². The number of hydrogen-bond donors (Lipinski definition) is 0. The van der Waals surface area contributed by atoms with Gasteiger partial charge in [0.2, 0.25) is 0 Å². The third-order valence-electron chi connectivity index (χ3n) is 3.17. The molecule has 0 N–H and O–H groups in total. The van der Waals surface area contributed by atoms with Gasteiger partial charge in [-0.2, -0.15) is 0 Å². The standard InChI is InChI=1S/C15H16ClNO/c1-3-8-17(10-12-5-6-12)15(18)14-9-13(16)7-4-11(14)2/h1,4,7,9,12H,5-6,8,10H2,2H3. The zero-order valence-corrected chi connectivity index (χ0v) is 11.2. The molecular formula is C15H16ClNO. The highest BCUT2D eigenvalue weighted by molar-refractivity contribution is 6.31. The number of hydrogen-bond acceptors (Lipinski definition) is 1. The van der Waals surface area contributed by atoms with Crippen molar-refractivity contribution in [3.8, 4) is 12.3 Å². The number of benzene rings is 1. The van der Waals surface area contributed by atoms with Gasteiger partial charge in [-0.05, 0) is 43.4 Å². The van der Waals surface area contributed by atoms with Gasteiger partial charge in [-0.3, -0.25) is 4.79 Å². The Morgan fingerprint density at radius 1 is 1.56 bits per heavy atom. The van der Waals surface area contributed by atoms with Gasteiger partial charge < -0.3 is 4.90 Å². The Morgan fingerprint density at radius 3 is 2.89 bits per heavy atom. The number of carbonyl (C=O) groups is 1. The van der Waals surface area contributed by atoms with Crippen molar-refractivity contribution in [1.82, 2.24) is 4.90 Å². The second-order valence-electron chi connectivity index (χ2n) is 4.79. The van der Waals surface area contributed by atoms with E-state index < -0.39 is 0 Å². The second-order valence-corrected chi connectivity index (χ2v) is 5.23. The highest BCUT2D eigenvalue weighted by atomic mass is 35.5. The number of rotatable bonds is 4. The lowest BCUT2D eigenvalue weighted by Crippen LogP contribution is -2.33. The summed E-state index contributed by atoms with van der Waals surface area (Å²) in [6, 6.07) is 5.37. The summed E-state index contributed by atoms with van der Waals surface area (Å²) in [4.78, 5) is 14.2. The molecule has 94 valence electrons. The molecule has 0 bridgehead atoms. The van der Waals surface area contributed by atoms with E-state index in [9.17, 15) is 4.79 Å². The second kappa shape index (κ2) is 5.46. The van der Waals surface area contributed by atoms with E-state index >= 15 is 0 Å². The number of amides is 1. The lowest BCUT2D eigenvalue weighted by atomic mass is 10.1. The van der Waals surface area contributed by atoms with Crippen LogP contribution in [0.15, 0.2) is 18.2 Å². The van der Waals surface area contributed by atoms with Crippen LogP contribution in [-0.4, -0.2) is 23.9 Å². The van der Waals surface area contributed by atoms with Gasteiger partial charge in [0, 0.05) is 17.1 Å². The Bertz CT molecular complexity index is 500. The number of carbonyl (C=O) groups excluding carboxylic acids is 1. The molecule has 0 radical (unpaired) electrons. The van der Waals surface area contributed by atoms with Crippen molar-refractivity contribution in [2.45, 2.75) is 19.8 Å². The van der Waals surface area contributed by atoms with Crippen LogP contribution in [0.3, 0.4) is 0 Å². The highest BCUT2D eigenvalue weighted by Gasteiger charge is 2.27. The molecule has 1 aliphatic rings. The van der Waals surface area contributed by atoms with E-state index in [1.807, 2.05) is 13.0 Å². The van der Waals surface area contributed by atoms with Gasteiger partial charge >= 0.3 is 0 Å². The van der Waals surface area contributed by atoms with Crippen molar-refractivity contribution in [1.29, 1.82) is 0 Å². The first-order valence-corrected chi connectivity index (χ1v) is 6.48. The smallest absolute Gasteiger partial charge is 0.254 e. The molecule has 2 rings (SSSR count). The SMILES string of the molecule is C#CCN(CC1CC1)C(=O)c1cc(Cl)ccc1C. The van der Waals surface area contributed by atoms with Gasteiger partial charge in [0.15, 0.2) is 0 Å². The largest absolute Gasteiger partial charge is 0.327 e. The van der Waals surface area contributed by atoms with E-state index in [1.165, 1.54) is 12.8 Å². The molecule has 0 unspecified atom stereocenters. The molecule has 2 nitrogen and oxygen atoms in total. The third-order valence-corrected chi connectivity index (χ3v) is 3.41. The summed E-state index contributed by atoms with van der Waals surface area (Å²) in [5.74, 6) is 3.17. The number of nitrogens with zero attached hydrogens (tertiary/aromatic N) is 1. The minimum absolute atomic E-state index is 0.0140. The lowest BCUT2D eigenvalue weighted by Gasteiger charge is -2.21. The molecule has 0 spiro atoms. The first-order valence-electron chi connectivity index (χ1n) is 6.10. The number of terminal acetylenes is 1. The molecule has 0 aliphatic heterocycles. The summed E-state index contributed by atoms with van der Waals surface area (Å²) >= 11 is 5.95. The van der Waals surface area contributed by atoms with Gasteiger partial charge in [-0.15, -0.1) is 6.42 Å². The van der Waals surface area contributed by atoms with Gasteiger partial charge in [0.05, 0.1) is 6.54 Å². The van der Waals surface area contributed by atoms with Crippen molar-refractivity contribution >= 4 is 17.5 Å². The van der Waals surface area contributed by atoms with Crippen LogP contribution < -0.4 is 0 Å². The van der Waals surface area contributed by atoms with Gasteiger partial charge in [0.25, 0.3) is 5.91 Å². The molecule has 18 heavy (non-hydrogen) atoms. The monoisotopic (exact) mass is 261 g/mol. The van der Waals surface area contributed by atoms with Crippen LogP contribution in [0.4, 0.5) is 0 Å². The van der Waals surface area contributed by atoms with E-state index in [0.717, 1.165) is 12.1 Å². The van der Waals surface area contributed by atoms with Crippen LogP contribution in [0, 0.1) is 25.2 Å². The van der Waals surface area contributed by atoms with Crippen LogP contribution in [0.2, 0.25) is 5.02 Å². The van der Waals surface area contributed by atoms with Crippen LogP contribution in [0.25, 0.3) is 0 Å². The molecule has 0 saturated heterocycles. The van der Waals surface area contributed by atoms with Crippen molar-refractivity contribution in [3.05, 3.63) is 34.3 Å². The van der Waals surface area contributed by atoms with Crippen LogP contribution in [0.5, 0.6) is 0 Å². The molecular weight excluding hydrogens is 246 g/mol. The fraction of sp³-hybridized carbons (Fsp3) is 0.400. The number of aryl methyl sites for hydroxylation is 1. The molecule has 0 heterocycles. The van der Waals surface area contributed by atoms with Gasteiger partial charge in [-0.25, -0.2) is 0 Å². The summed E-state index contributed by atoms with van der Waals surface area (Å²) in [6.45, 7) is 3.03. The Kier molecular flexibility index (Phi) is 3.93. The van der Waals surface area contributed by atoms with E-state index in [-0.39, 0.29) is 5.91 Å². The minimum atomic E-state index is -0.0140. The van der Waals surface area contributed by atoms with Crippen molar-refractivity contribution in [2.75, 3.05) is 13.1 Å². The predicted molar refractivity (Wildman–Crippen MR) is 73.6 cm³/mol. The summed E-state index contributed by atoms with van der Waals surface area (Å²) in [5, 5.41) is 0.580. The van der Waals surface area contributed by atoms with Crippen LogP contribution in [0.1, 0.15) is 28.8 Å². The maximum atomic E-state index is 12.4. The van der Waals surface area contributed by atoms with E-state index in [4.69, 9.17) is 18.0 Å². The maximum Gasteiger partial charge on any atom is 0.254 e. The Balaban J connectivity index is 2.20. The van der Waals surface area contributed by atoms with E-state index in [2.05, 4.69) is 5.92 Å². The molecule has 3 heteroatoms. The van der Waals surface area contributed by atoms with Crippen molar-refractivity contribution < 1.29 is 4.79 Å². The lowest BCUT2D eigenvalue weighted by molar-refractivity contribution is 0.0769. The Labute approximate surface area is 113 Å². The Morgan fingerprint density at radius 2 is 2.28 bits per heavy atom. The molecule has 1 aromatic carbocycles. The third kappa shape index (κ3) is 3.05. The molecule has 0 aromatic heterocycles. The maximum absolute atomic E-state index is 12.4. The molecule has 1 amide bonds. The van der Waals surface area contributed by atoms with Crippen LogP contribution >= 0.6 is 11.6 Å². The fourth-order valence-corrected chi connectivity index (χ4v) is 2.11. The van der Waals surface area contributed by atoms with Gasteiger partial charge in [0.1, 0.15) is 0 Å². The number of halogens is 1. The summed E-state index contributed by atoms with van der Waals surface area (Å²) in [5.41, 5.74) is 1.58. The van der Waals surface area contributed by atoms with Crippen molar-refractivity contribution in [3.63, 3.8) is 0 Å². The zero-order chi connectivity index (χ0) is 13.1. The summed E-state index contributed by atoms with van der Waals surface area (Å²) in [7, 11) is 0. The normalized spacial score (nSPS) is 14.1. The molecule has 1 saturated carbocycles. The van der Waals surface area contributed by atoms with Crippen LogP contribution in [-0.2, 0) is 0 Å². The summed E-state index contributed by atoms with van der Waals surface area (Å²) < 4.78 is 0. The zero-order valence-electron chi connectivity index (χ0n) is 10.4. The molecule has 1 fully saturated rings. The fourth-order valence-electron chi connectivity index (χ4n) is 1.94. The first kappa shape index (κ1) is 13.0.